The van der Waals surface area contributed by atoms with Crippen LogP contribution in [0.2, 0.25) is 0 Å². The fourth-order valence-corrected chi connectivity index (χ4v) is 2.01. The second-order valence-corrected chi connectivity index (χ2v) is 6.32. The normalized spacial score (nSPS) is 12.0. The number of pyridine rings is 1. The van der Waals surface area contributed by atoms with Crippen molar-refractivity contribution in [3.05, 3.63) is 60.3 Å². The summed E-state index contributed by atoms with van der Waals surface area (Å²) in [6, 6.07) is 13.3. The second-order valence-electron chi connectivity index (χ2n) is 6.32. The molecule has 0 aliphatic carbocycles. The van der Waals surface area contributed by atoms with Gasteiger partial charge in [0, 0.05) is 6.20 Å². The molecule has 0 saturated carbocycles. The Labute approximate surface area is 146 Å². The topological polar surface area (TPSA) is 92.3 Å². The van der Waals surface area contributed by atoms with Crippen LogP contribution in [0.25, 0.3) is 0 Å². The minimum atomic E-state index is -0.910. The van der Waals surface area contributed by atoms with Crippen LogP contribution in [0.4, 0.5) is 10.6 Å². The maximum atomic E-state index is 12.5. The van der Waals surface area contributed by atoms with E-state index >= 15 is 0 Å². The Morgan fingerprint density at radius 2 is 1.72 bits per heavy atom. The van der Waals surface area contributed by atoms with Crippen molar-refractivity contribution in [2.45, 2.75) is 32.4 Å². The summed E-state index contributed by atoms with van der Waals surface area (Å²) >= 11 is 0. The molecule has 0 bridgehead atoms. The highest BCUT2D eigenvalue weighted by Gasteiger charge is 2.25. The first-order valence-electron chi connectivity index (χ1n) is 7.86. The summed E-state index contributed by atoms with van der Waals surface area (Å²) < 4.78 is 5.24. The SMILES string of the molecule is CC(C)(C)OC(=O)NC(C(=O)NNc1ccccn1)c1ccccc1. The molecule has 0 radical (unpaired) electrons. The monoisotopic (exact) mass is 342 g/mol. The standard InChI is InChI=1S/C18H22N4O3/c1-18(2,3)25-17(24)20-15(13-9-5-4-6-10-13)16(23)22-21-14-11-7-8-12-19-14/h4-12,15H,1-3H3,(H,19,21)(H,20,24)(H,22,23). The van der Waals surface area contributed by atoms with Gasteiger partial charge in [-0.25, -0.2) is 9.78 Å². The lowest BCUT2D eigenvalue weighted by Gasteiger charge is -2.23. The Bertz CT molecular complexity index is 699. The summed E-state index contributed by atoms with van der Waals surface area (Å²) in [6.07, 6.45) is 0.927. The van der Waals surface area contributed by atoms with Gasteiger partial charge in [0.25, 0.3) is 5.91 Å². The van der Waals surface area contributed by atoms with Crippen LogP contribution in [0.5, 0.6) is 0 Å². The van der Waals surface area contributed by atoms with E-state index in [1.807, 2.05) is 6.07 Å². The number of hydrogen-bond donors (Lipinski definition) is 3. The number of carbonyl (C=O) groups excluding carboxylic acids is 2. The van der Waals surface area contributed by atoms with Crippen molar-refractivity contribution < 1.29 is 14.3 Å². The van der Waals surface area contributed by atoms with E-state index in [0.717, 1.165) is 0 Å². The third kappa shape index (κ3) is 6.14. The first kappa shape index (κ1) is 18.3. The van der Waals surface area contributed by atoms with E-state index in [-0.39, 0.29) is 0 Å². The van der Waals surface area contributed by atoms with Crippen molar-refractivity contribution in [1.29, 1.82) is 0 Å². The summed E-state index contributed by atoms with van der Waals surface area (Å²) in [5.74, 6) is 0.0441. The number of benzene rings is 1. The molecule has 1 aromatic carbocycles. The van der Waals surface area contributed by atoms with Gasteiger partial charge in [-0.05, 0) is 38.5 Å². The van der Waals surface area contributed by atoms with Gasteiger partial charge in [0.2, 0.25) is 0 Å². The molecular weight excluding hydrogens is 320 g/mol. The Morgan fingerprint density at radius 3 is 2.32 bits per heavy atom. The van der Waals surface area contributed by atoms with Crippen LogP contribution in [0.15, 0.2) is 54.7 Å². The third-order valence-electron chi connectivity index (χ3n) is 3.03. The number of nitrogens with one attached hydrogen (secondary N) is 3. The molecule has 2 amide bonds. The van der Waals surface area contributed by atoms with Crippen molar-refractivity contribution in [3.63, 3.8) is 0 Å². The van der Waals surface area contributed by atoms with Crippen molar-refractivity contribution in [2.75, 3.05) is 5.43 Å². The Kier molecular flexibility index (Phi) is 5.94. The molecule has 0 spiro atoms. The molecule has 0 aliphatic heterocycles. The van der Waals surface area contributed by atoms with Crippen LogP contribution in [-0.4, -0.2) is 22.6 Å². The highest BCUT2D eigenvalue weighted by molar-refractivity contribution is 5.87. The van der Waals surface area contributed by atoms with E-state index in [1.54, 1.807) is 69.4 Å². The van der Waals surface area contributed by atoms with Gasteiger partial charge in [0.15, 0.2) is 0 Å². The molecule has 25 heavy (non-hydrogen) atoms. The summed E-state index contributed by atoms with van der Waals surface area (Å²) in [7, 11) is 0. The van der Waals surface area contributed by atoms with Crippen LogP contribution >= 0.6 is 0 Å². The number of amides is 2. The second kappa shape index (κ2) is 8.14. The molecule has 1 heterocycles. The Hall–Kier alpha value is -3.09. The lowest BCUT2D eigenvalue weighted by molar-refractivity contribution is -0.122. The van der Waals surface area contributed by atoms with E-state index in [1.165, 1.54) is 0 Å². The first-order chi connectivity index (χ1) is 11.8. The van der Waals surface area contributed by atoms with Crippen LogP contribution in [0, 0.1) is 0 Å². The fraction of sp³-hybridized carbons (Fsp3) is 0.278. The largest absolute Gasteiger partial charge is 0.444 e. The number of alkyl carbamates (subject to hydrolysis) is 1. The highest BCUT2D eigenvalue weighted by atomic mass is 16.6. The predicted octanol–water partition coefficient (Wildman–Crippen LogP) is 2.79. The molecule has 2 rings (SSSR count). The van der Waals surface area contributed by atoms with E-state index < -0.39 is 23.6 Å². The molecular formula is C18H22N4O3. The van der Waals surface area contributed by atoms with Crippen LogP contribution in [0.3, 0.4) is 0 Å². The first-order valence-corrected chi connectivity index (χ1v) is 7.86. The number of carbonyl (C=O) groups is 2. The zero-order valence-corrected chi connectivity index (χ0v) is 14.4. The predicted molar refractivity (Wildman–Crippen MR) is 94.6 cm³/mol. The number of hydrazine groups is 1. The molecule has 0 aliphatic rings. The molecule has 2 aromatic rings. The quantitative estimate of drug-likeness (QED) is 0.727. The zero-order chi connectivity index (χ0) is 18.3. The van der Waals surface area contributed by atoms with Crippen LogP contribution in [0.1, 0.15) is 32.4 Å². The number of rotatable bonds is 5. The average molecular weight is 342 g/mol. The molecule has 7 nitrogen and oxygen atoms in total. The molecule has 3 N–H and O–H groups in total. The number of nitrogens with zero attached hydrogens (tertiary/aromatic N) is 1. The third-order valence-corrected chi connectivity index (χ3v) is 3.03. The van der Waals surface area contributed by atoms with Crippen molar-refractivity contribution >= 4 is 17.8 Å². The molecule has 132 valence electrons. The van der Waals surface area contributed by atoms with E-state index in [9.17, 15) is 9.59 Å². The van der Waals surface area contributed by atoms with Gasteiger partial charge in [-0.15, -0.1) is 0 Å². The number of ether oxygens (including phenoxy) is 1. The molecule has 1 atom stereocenters. The fourth-order valence-electron chi connectivity index (χ4n) is 2.01. The summed E-state index contributed by atoms with van der Waals surface area (Å²) in [4.78, 5) is 28.7. The molecule has 0 fully saturated rings. The summed E-state index contributed by atoms with van der Waals surface area (Å²) in [6.45, 7) is 5.27. The van der Waals surface area contributed by atoms with Crippen molar-refractivity contribution in [1.82, 2.24) is 15.7 Å². The van der Waals surface area contributed by atoms with Crippen LogP contribution < -0.4 is 16.2 Å². The summed E-state index contributed by atoms with van der Waals surface area (Å²) in [5.41, 5.74) is 5.23. The number of aromatic nitrogens is 1. The van der Waals surface area contributed by atoms with E-state index in [2.05, 4.69) is 21.2 Å². The molecule has 7 heteroatoms. The van der Waals surface area contributed by atoms with Gasteiger partial charge < -0.3 is 10.1 Å². The molecule has 1 unspecified atom stereocenters. The maximum Gasteiger partial charge on any atom is 0.408 e. The van der Waals surface area contributed by atoms with E-state index in [4.69, 9.17) is 4.74 Å². The van der Waals surface area contributed by atoms with Crippen molar-refractivity contribution in [2.24, 2.45) is 0 Å². The van der Waals surface area contributed by atoms with Gasteiger partial charge in [0.1, 0.15) is 17.5 Å². The van der Waals surface area contributed by atoms with Crippen LogP contribution in [-0.2, 0) is 9.53 Å². The minimum Gasteiger partial charge on any atom is -0.444 e. The van der Waals surface area contributed by atoms with Gasteiger partial charge >= 0.3 is 6.09 Å². The summed E-state index contributed by atoms with van der Waals surface area (Å²) in [5, 5.41) is 2.59. The van der Waals surface area contributed by atoms with Gasteiger partial charge in [-0.2, -0.15) is 0 Å². The maximum absolute atomic E-state index is 12.5. The number of hydrogen-bond acceptors (Lipinski definition) is 5. The molecule has 1 aromatic heterocycles. The van der Waals surface area contributed by atoms with Crippen molar-refractivity contribution in [3.8, 4) is 0 Å². The van der Waals surface area contributed by atoms with Gasteiger partial charge in [-0.1, -0.05) is 36.4 Å². The average Bonchev–Trinajstić information content (AvgIpc) is 2.58. The number of anilines is 1. The van der Waals surface area contributed by atoms with Gasteiger partial charge in [-0.3, -0.25) is 15.6 Å². The Morgan fingerprint density at radius 1 is 1.04 bits per heavy atom. The van der Waals surface area contributed by atoms with E-state index in [0.29, 0.717) is 11.4 Å². The minimum absolute atomic E-state index is 0.442. The zero-order valence-electron chi connectivity index (χ0n) is 14.4. The lowest BCUT2D eigenvalue weighted by Crippen LogP contribution is -2.44. The molecule has 0 saturated heterocycles. The Balaban J connectivity index is 2.08. The lowest BCUT2D eigenvalue weighted by atomic mass is 10.1. The van der Waals surface area contributed by atoms with Gasteiger partial charge in [0.05, 0.1) is 0 Å². The highest BCUT2D eigenvalue weighted by Crippen LogP contribution is 2.15. The smallest absolute Gasteiger partial charge is 0.408 e.